The Hall–Kier alpha value is -1.83. The van der Waals surface area contributed by atoms with Crippen LogP contribution in [0.1, 0.15) is 13.8 Å². The van der Waals surface area contributed by atoms with Crippen molar-refractivity contribution in [3.63, 3.8) is 0 Å². The van der Waals surface area contributed by atoms with Crippen LogP contribution in [0, 0.1) is 11.3 Å². The monoisotopic (exact) mass is 181 g/mol. The smallest absolute Gasteiger partial charge is 0.351 e. The van der Waals surface area contributed by atoms with E-state index in [2.05, 4.69) is 4.99 Å². The van der Waals surface area contributed by atoms with E-state index in [0.717, 1.165) is 6.08 Å². The van der Waals surface area contributed by atoms with Gasteiger partial charge in [0.2, 0.25) is 0 Å². The molecule has 0 aliphatic carbocycles. The molecule has 70 valence electrons. The van der Waals surface area contributed by atoms with Crippen LogP contribution in [0.4, 0.5) is 0 Å². The lowest BCUT2D eigenvalue weighted by molar-refractivity contribution is -0.132. The van der Waals surface area contributed by atoms with Gasteiger partial charge in [0, 0.05) is 6.21 Å². The number of nitrogens with zero attached hydrogens (tertiary/aromatic N) is 2. The quantitative estimate of drug-likeness (QED) is 0.482. The molecule has 0 spiro atoms. The Kier molecular flexibility index (Phi) is 3.66. The first kappa shape index (κ1) is 11.2. The first-order chi connectivity index (χ1) is 5.89. The van der Waals surface area contributed by atoms with Gasteiger partial charge in [-0.2, -0.15) is 5.26 Å². The van der Waals surface area contributed by atoms with Gasteiger partial charge in [-0.05, 0) is 19.9 Å². The van der Waals surface area contributed by atoms with Gasteiger partial charge in [-0.15, -0.1) is 0 Å². The second-order valence-electron chi connectivity index (χ2n) is 2.88. The Morgan fingerprint density at radius 3 is 2.62 bits per heavy atom. The van der Waals surface area contributed by atoms with Crippen molar-refractivity contribution >= 4 is 12.2 Å². The average Bonchev–Trinajstić information content (AvgIpc) is 2.04. The van der Waals surface area contributed by atoms with Crippen LogP contribution >= 0.6 is 0 Å². The Balaban J connectivity index is 4.42. The molecule has 0 atom stereocenters. The average molecular weight is 181 g/mol. The third kappa shape index (κ3) is 4.58. The lowest BCUT2D eigenvalue weighted by Crippen LogP contribution is -2.13. The molecule has 0 aromatic rings. The van der Waals surface area contributed by atoms with E-state index < -0.39 is 11.5 Å². The van der Waals surface area contributed by atoms with Gasteiger partial charge in [-0.3, -0.25) is 4.99 Å². The molecule has 0 aliphatic rings. The molecule has 3 N–H and O–H groups in total. The molecular weight excluding hydrogens is 170 g/mol. The lowest BCUT2D eigenvalue weighted by atomic mass is 10.1. The largest absolute Gasteiger partial charge is 0.477 e. The number of aliphatic imine (C=N–C) groups is 1. The number of carboxylic acid groups (broad SMARTS) is 1. The van der Waals surface area contributed by atoms with E-state index in [1.807, 2.05) is 6.07 Å². The molecule has 0 aromatic heterocycles. The van der Waals surface area contributed by atoms with Crippen molar-refractivity contribution in [3.05, 3.63) is 11.8 Å². The summed E-state index contributed by atoms with van der Waals surface area (Å²) in [5, 5.41) is 16.9. The minimum atomic E-state index is -1.21. The SMILES string of the molecule is CC(C)(C#N)N=CC=C(N)C(=O)O. The van der Waals surface area contributed by atoms with Gasteiger partial charge in [0.25, 0.3) is 0 Å². The number of rotatable bonds is 3. The zero-order chi connectivity index (χ0) is 10.5. The summed E-state index contributed by atoms with van der Waals surface area (Å²) in [7, 11) is 0. The van der Waals surface area contributed by atoms with E-state index >= 15 is 0 Å². The number of aliphatic carboxylic acids is 1. The summed E-state index contributed by atoms with van der Waals surface area (Å²) in [6.45, 7) is 3.21. The van der Waals surface area contributed by atoms with Crippen LogP contribution in [0.15, 0.2) is 16.8 Å². The summed E-state index contributed by atoms with van der Waals surface area (Å²) < 4.78 is 0. The molecule has 0 unspecified atom stereocenters. The Labute approximate surface area is 76.2 Å². The molecule has 13 heavy (non-hydrogen) atoms. The number of carbonyl (C=O) groups is 1. The van der Waals surface area contributed by atoms with Crippen molar-refractivity contribution in [2.45, 2.75) is 19.4 Å². The number of carboxylic acids is 1. The van der Waals surface area contributed by atoms with Gasteiger partial charge >= 0.3 is 5.97 Å². The lowest BCUT2D eigenvalue weighted by Gasteiger charge is -2.05. The number of hydrogen-bond donors (Lipinski definition) is 2. The maximum absolute atomic E-state index is 10.2. The van der Waals surface area contributed by atoms with Crippen LogP contribution in [-0.4, -0.2) is 22.8 Å². The molecule has 0 amide bonds. The highest BCUT2D eigenvalue weighted by Crippen LogP contribution is 2.04. The van der Waals surface area contributed by atoms with E-state index in [0.29, 0.717) is 0 Å². The van der Waals surface area contributed by atoms with Crippen LogP contribution in [0.2, 0.25) is 0 Å². The van der Waals surface area contributed by atoms with E-state index in [9.17, 15) is 4.79 Å². The molecule has 0 fully saturated rings. The highest BCUT2D eigenvalue weighted by Gasteiger charge is 2.11. The first-order valence-electron chi connectivity index (χ1n) is 3.54. The van der Waals surface area contributed by atoms with E-state index in [-0.39, 0.29) is 5.70 Å². The summed E-state index contributed by atoms with van der Waals surface area (Å²) in [4.78, 5) is 14.0. The molecule has 5 nitrogen and oxygen atoms in total. The van der Waals surface area contributed by atoms with Crippen LogP contribution in [0.3, 0.4) is 0 Å². The standard InChI is InChI=1S/C8H11N3O2/c1-8(2,5-9)11-4-3-6(10)7(12)13/h3-4H,10H2,1-2H3,(H,12,13). The molecule has 0 aromatic carbocycles. The summed E-state index contributed by atoms with van der Waals surface area (Å²) in [6, 6.07) is 1.93. The maximum Gasteiger partial charge on any atom is 0.351 e. The summed E-state index contributed by atoms with van der Waals surface area (Å²) in [5.41, 5.74) is 3.91. The molecule has 5 heteroatoms. The van der Waals surface area contributed by atoms with Crippen molar-refractivity contribution in [2.75, 3.05) is 0 Å². The highest BCUT2D eigenvalue weighted by atomic mass is 16.4. The van der Waals surface area contributed by atoms with Crippen molar-refractivity contribution in [1.82, 2.24) is 0 Å². The topological polar surface area (TPSA) is 99.5 Å². The fourth-order valence-electron chi connectivity index (χ4n) is 0.404. The van der Waals surface area contributed by atoms with E-state index in [1.54, 1.807) is 13.8 Å². The van der Waals surface area contributed by atoms with Gasteiger partial charge in [0.05, 0.1) is 6.07 Å². The second kappa shape index (κ2) is 4.26. The number of hydrogen-bond acceptors (Lipinski definition) is 4. The number of nitrogens with two attached hydrogens (primary N) is 1. The van der Waals surface area contributed by atoms with Crippen LogP contribution < -0.4 is 5.73 Å². The first-order valence-corrected chi connectivity index (χ1v) is 3.54. The van der Waals surface area contributed by atoms with Crippen molar-refractivity contribution in [3.8, 4) is 6.07 Å². The molecule has 0 aliphatic heterocycles. The molecule has 0 radical (unpaired) electrons. The Bertz CT molecular complexity index is 297. The zero-order valence-corrected chi connectivity index (χ0v) is 7.48. The third-order valence-corrected chi connectivity index (χ3v) is 1.17. The fourth-order valence-corrected chi connectivity index (χ4v) is 0.404. The summed E-state index contributed by atoms with van der Waals surface area (Å²) in [5.74, 6) is -1.21. The predicted molar refractivity (Wildman–Crippen MR) is 48.1 cm³/mol. The molecule has 0 bridgehead atoms. The Morgan fingerprint density at radius 1 is 1.69 bits per heavy atom. The van der Waals surface area contributed by atoms with E-state index in [1.165, 1.54) is 6.21 Å². The van der Waals surface area contributed by atoms with E-state index in [4.69, 9.17) is 16.1 Å². The van der Waals surface area contributed by atoms with Crippen molar-refractivity contribution in [1.29, 1.82) is 5.26 Å². The predicted octanol–water partition coefficient (Wildman–Crippen LogP) is 0.287. The second-order valence-corrected chi connectivity index (χ2v) is 2.88. The molecule has 0 heterocycles. The molecule has 0 saturated heterocycles. The van der Waals surface area contributed by atoms with Crippen molar-refractivity contribution in [2.24, 2.45) is 10.7 Å². The molecular formula is C8H11N3O2. The molecule has 0 rings (SSSR count). The van der Waals surface area contributed by atoms with Gasteiger partial charge in [0.15, 0.2) is 0 Å². The highest BCUT2D eigenvalue weighted by molar-refractivity contribution is 5.91. The molecule has 0 saturated carbocycles. The summed E-state index contributed by atoms with van der Waals surface area (Å²) in [6.07, 6.45) is 2.36. The third-order valence-electron chi connectivity index (χ3n) is 1.17. The summed E-state index contributed by atoms with van der Waals surface area (Å²) >= 11 is 0. The Morgan fingerprint density at radius 2 is 2.23 bits per heavy atom. The maximum atomic E-state index is 10.2. The zero-order valence-electron chi connectivity index (χ0n) is 7.48. The van der Waals surface area contributed by atoms with Gasteiger partial charge in [-0.25, -0.2) is 4.79 Å². The minimum absolute atomic E-state index is 0.308. The van der Waals surface area contributed by atoms with Crippen LogP contribution in [0.5, 0.6) is 0 Å². The van der Waals surface area contributed by atoms with Gasteiger partial charge < -0.3 is 10.8 Å². The van der Waals surface area contributed by atoms with Crippen molar-refractivity contribution < 1.29 is 9.90 Å². The fraction of sp³-hybridized carbons (Fsp3) is 0.375. The van der Waals surface area contributed by atoms with Gasteiger partial charge in [-0.1, -0.05) is 0 Å². The number of nitriles is 1. The number of allylic oxidation sites excluding steroid dienone is 1. The normalized spacial score (nSPS) is 12.8. The minimum Gasteiger partial charge on any atom is -0.477 e. The van der Waals surface area contributed by atoms with Crippen LogP contribution in [-0.2, 0) is 4.79 Å². The van der Waals surface area contributed by atoms with Gasteiger partial charge in [0.1, 0.15) is 11.2 Å². The van der Waals surface area contributed by atoms with Crippen LogP contribution in [0.25, 0.3) is 0 Å².